The van der Waals surface area contributed by atoms with Gasteiger partial charge in [-0.2, -0.15) is 0 Å². The van der Waals surface area contributed by atoms with Gasteiger partial charge in [-0.25, -0.2) is 0 Å². The Labute approximate surface area is 301 Å². The molecule has 1 heterocycles. The maximum atomic E-state index is 2.71. The summed E-state index contributed by atoms with van der Waals surface area (Å²) in [6.45, 7) is 13.9. The fraction of sp³-hybridized carbons (Fsp3) is 0.388. The van der Waals surface area contributed by atoms with Crippen LogP contribution in [-0.4, -0.2) is 4.57 Å². The molecule has 1 aliphatic rings. The normalized spacial score (nSPS) is 17.3. The van der Waals surface area contributed by atoms with Crippen LogP contribution in [0.2, 0.25) is 0 Å². The predicted molar refractivity (Wildman–Crippen MR) is 217 cm³/mol. The van der Waals surface area contributed by atoms with Gasteiger partial charge in [0.1, 0.15) is 0 Å². The Bertz CT molecular complexity index is 2070. The molecular weight excluding hydrogens is 603 g/mol. The number of hydrogen-bond acceptors (Lipinski definition) is 0. The van der Waals surface area contributed by atoms with Gasteiger partial charge in [0.15, 0.2) is 0 Å². The standard InChI is InChI=1S/C49H57N/c1-7-38(30-42-14-8-9-19-44(42)46-28-36(26-33(2)3)23-22-35(46)6)39-15-12-16-40(31-39)41-17-13-18-43(32-41)50-48-21-11-10-20-45(48)47-29-37(27-34(4)5)24-25-49(47)50/h8-12,14-16,19-25,28-29,31,33-34,38,41,43H,7,13,17-18,26-27,30,32H2,1-6H3. The second kappa shape index (κ2) is 15.0. The van der Waals surface area contributed by atoms with Crippen LogP contribution in [0.4, 0.5) is 0 Å². The van der Waals surface area contributed by atoms with E-state index in [0.29, 0.717) is 29.7 Å². The van der Waals surface area contributed by atoms with Gasteiger partial charge in [-0.1, -0.05) is 132 Å². The summed E-state index contributed by atoms with van der Waals surface area (Å²) in [6, 6.07) is 43.0. The maximum Gasteiger partial charge on any atom is 0.0494 e. The van der Waals surface area contributed by atoms with Crippen molar-refractivity contribution in [2.75, 3.05) is 0 Å². The van der Waals surface area contributed by atoms with E-state index in [-0.39, 0.29) is 0 Å². The smallest absolute Gasteiger partial charge is 0.0494 e. The number of para-hydroxylation sites is 1. The molecule has 0 radical (unpaired) electrons. The zero-order valence-corrected chi connectivity index (χ0v) is 31.4. The van der Waals surface area contributed by atoms with Crippen molar-refractivity contribution in [3.63, 3.8) is 0 Å². The maximum absolute atomic E-state index is 2.71. The minimum atomic E-state index is 0.493. The van der Waals surface area contributed by atoms with Crippen molar-refractivity contribution in [1.82, 2.24) is 4.57 Å². The third-order valence-electron chi connectivity index (χ3n) is 11.5. The van der Waals surface area contributed by atoms with Crippen molar-refractivity contribution in [2.45, 2.75) is 111 Å². The van der Waals surface area contributed by atoms with Gasteiger partial charge in [-0.05, 0) is 138 Å². The lowest BCUT2D eigenvalue weighted by Crippen LogP contribution is -2.18. The van der Waals surface area contributed by atoms with Gasteiger partial charge >= 0.3 is 0 Å². The van der Waals surface area contributed by atoms with Crippen molar-refractivity contribution in [1.29, 1.82) is 0 Å². The molecule has 0 saturated heterocycles. The molecule has 0 amide bonds. The van der Waals surface area contributed by atoms with Crippen LogP contribution in [0.25, 0.3) is 32.9 Å². The van der Waals surface area contributed by atoms with Gasteiger partial charge in [0.2, 0.25) is 0 Å². The topological polar surface area (TPSA) is 4.93 Å². The molecular formula is C49H57N. The lowest BCUT2D eigenvalue weighted by molar-refractivity contribution is 0.331. The van der Waals surface area contributed by atoms with Gasteiger partial charge in [0.25, 0.3) is 0 Å². The van der Waals surface area contributed by atoms with Crippen molar-refractivity contribution < 1.29 is 0 Å². The number of nitrogens with zero attached hydrogens (tertiary/aromatic N) is 1. The second-order valence-corrected chi connectivity index (χ2v) is 16.2. The monoisotopic (exact) mass is 659 g/mol. The first-order valence-corrected chi connectivity index (χ1v) is 19.6. The van der Waals surface area contributed by atoms with Crippen LogP contribution in [-0.2, 0) is 19.3 Å². The van der Waals surface area contributed by atoms with E-state index < -0.39 is 0 Å². The minimum Gasteiger partial charge on any atom is -0.337 e. The van der Waals surface area contributed by atoms with Crippen LogP contribution < -0.4 is 0 Å². The van der Waals surface area contributed by atoms with Crippen LogP contribution >= 0.6 is 0 Å². The average Bonchev–Trinajstić information content (AvgIpc) is 3.45. The molecule has 3 unspecified atom stereocenters. The number of benzene rings is 5. The molecule has 50 heavy (non-hydrogen) atoms. The molecule has 6 aromatic rings. The SMILES string of the molecule is CCC(Cc1ccccc1-c1cc(CC(C)C)ccc1C)c1cccc(C2CCCC(n3c4ccccc4c4cc(CC(C)C)ccc43)C2)c1. The van der Waals surface area contributed by atoms with Crippen molar-refractivity contribution in [3.05, 3.63) is 143 Å². The average molecular weight is 660 g/mol. The Morgan fingerprint density at radius 3 is 2.16 bits per heavy atom. The zero-order chi connectivity index (χ0) is 34.8. The van der Waals surface area contributed by atoms with E-state index in [1.54, 1.807) is 0 Å². The molecule has 0 N–H and O–H groups in total. The van der Waals surface area contributed by atoms with Crippen molar-refractivity contribution >= 4 is 21.8 Å². The quantitative estimate of drug-likeness (QED) is 0.130. The lowest BCUT2D eigenvalue weighted by Gasteiger charge is -2.32. The summed E-state index contributed by atoms with van der Waals surface area (Å²) >= 11 is 0. The van der Waals surface area contributed by atoms with E-state index in [0.717, 1.165) is 25.7 Å². The van der Waals surface area contributed by atoms with E-state index in [1.807, 2.05) is 0 Å². The highest BCUT2D eigenvalue weighted by atomic mass is 15.0. The Morgan fingerprint density at radius 1 is 0.640 bits per heavy atom. The van der Waals surface area contributed by atoms with Crippen LogP contribution in [0.3, 0.4) is 0 Å². The van der Waals surface area contributed by atoms with Crippen LogP contribution in [0.1, 0.15) is 118 Å². The first kappa shape index (κ1) is 34.4. The molecule has 5 aromatic carbocycles. The molecule has 1 aromatic heterocycles. The van der Waals surface area contributed by atoms with Crippen molar-refractivity contribution in [3.8, 4) is 11.1 Å². The number of rotatable bonds is 11. The van der Waals surface area contributed by atoms with E-state index in [9.17, 15) is 0 Å². The Kier molecular flexibility index (Phi) is 10.3. The first-order valence-electron chi connectivity index (χ1n) is 19.6. The van der Waals surface area contributed by atoms with Gasteiger partial charge in [0.05, 0.1) is 0 Å². The van der Waals surface area contributed by atoms with Gasteiger partial charge < -0.3 is 4.57 Å². The minimum absolute atomic E-state index is 0.493. The molecule has 1 saturated carbocycles. The molecule has 1 nitrogen and oxygen atoms in total. The molecule has 1 aliphatic carbocycles. The Morgan fingerprint density at radius 2 is 1.36 bits per heavy atom. The third kappa shape index (κ3) is 7.20. The second-order valence-electron chi connectivity index (χ2n) is 16.2. The highest BCUT2D eigenvalue weighted by Gasteiger charge is 2.28. The summed E-state index contributed by atoms with van der Waals surface area (Å²) in [5, 5.41) is 2.83. The van der Waals surface area contributed by atoms with Crippen LogP contribution in [0.5, 0.6) is 0 Å². The molecule has 3 atom stereocenters. The van der Waals surface area contributed by atoms with E-state index in [2.05, 4.69) is 155 Å². The summed E-state index contributed by atoms with van der Waals surface area (Å²) < 4.78 is 2.71. The Hall–Kier alpha value is -4.10. The highest BCUT2D eigenvalue weighted by Crippen LogP contribution is 2.44. The molecule has 0 aliphatic heterocycles. The molecule has 7 rings (SSSR count). The first-order chi connectivity index (χ1) is 24.3. The van der Waals surface area contributed by atoms with Crippen LogP contribution in [0, 0.1) is 18.8 Å². The van der Waals surface area contributed by atoms with Crippen LogP contribution in [0.15, 0.2) is 109 Å². The number of fused-ring (bicyclic) bond motifs is 3. The van der Waals surface area contributed by atoms with Crippen molar-refractivity contribution in [2.24, 2.45) is 11.8 Å². The number of hydrogen-bond donors (Lipinski definition) is 0. The third-order valence-corrected chi connectivity index (χ3v) is 11.5. The number of aromatic nitrogens is 1. The van der Waals surface area contributed by atoms with Gasteiger partial charge in [0, 0.05) is 27.8 Å². The van der Waals surface area contributed by atoms with E-state index >= 15 is 0 Å². The molecule has 0 bridgehead atoms. The summed E-state index contributed by atoms with van der Waals surface area (Å²) in [5.41, 5.74) is 14.4. The molecule has 1 heteroatoms. The van der Waals surface area contributed by atoms with Gasteiger partial charge in [-0.15, -0.1) is 0 Å². The lowest BCUT2D eigenvalue weighted by atomic mass is 9.79. The van der Waals surface area contributed by atoms with E-state index in [1.165, 1.54) is 92.0 Å². The predicted octanol–water partition coefficient (Wildman–Crippen LogP) is 13.8. The fourth-order valence-corrected chi connectivity index (χ4v) is 9.09. The summed E-state index contributed by atoms with van der Waals surface area (Å²) in [5.74, 6) is 2.39. The summed E-state index contributed by atoms with van der Waals surface area (Å²) in [6.07, 6.45) is 9.47. The number of aryl methyl sites for hydroxylation is 1. The molecule has 1 fully saturated rings. The zero-order valence-electron chi connectivity index (χ0n) is 31.4. The fourth-order valence-electron chi connectivity index (χ4n) is 9.09. The molecule has 258 valence electrons. The largest absolute Gasteiger partial charge is 0.337 e. The summed E-state index contributed by atoms with van der Waals surface area (Å²) in [4.78, 5) is 0. The highest BCUT2D eigenvalue weighted by molar-refractivity contribution is 6.08. The van der Waals surface area contributed by atoms with E-state index in [4.69, 9.17) is 0 Å². The Balaban J connectivity index is 1.16. The molecule has 0 spiro atoms. The summed E-state index contributed by atoms with van der Waals surface area (Å²) in [7, 11) is 0. The van der Waals surface area contributed by atoms with Gasteiger partial charge in [-0.3, -0.25) is 0 Å².